The van der Waals surface area contributed by atoms with Crippen LogP contribution in [0.2, 0.25) is 0 Å². The predicted octanol–water partition coefficient (Wildman–Crippen LogP) is 5.96. The monoisotopic (exact) mass is 565 g/mol. The number of amides is 1. The molecule has 8 heteroatoms. The van der Waals surface area contributed by atoms with Crippen molar-refractivity contribution < 1.29 is 4.79 Å². The molecule has 1 amide bonds. The largest absolute Gasteiger partial charge is 0.363 e. The van der Waals surface area contributed by atoms with Crippen LogP contribution in [0.5, 0.6) is 0 Å². The quantitative estimate of drug-likeness (QED) is 0.300. The first kappa shape index (κ1) is 30.2. The second kappa shape index (κ2) is 13.7. The van der Waals surface area contributed by atoms with Crippen molar-refractivity contribution in [2.75, 3.05) is 25.5 Å². The maximum Gasteiger partial charge on any atom is 0.220 e. The molecule has 1 aromatic heterocycles. The van der Waals surface area contributed by atoms with Gasteiger partial charge in [-0.15, -0.1) is 24.8 Å². The third-order valence-electron chi connectivity index (χ3n) is 7.08. The van der Waals surface area contributed by atoms with Crippen molar-refractivity contribution in [3.05, 3.63) is 108 Å². The van der Waals surface area contributed by atoms with Gasteiger partial charge >= 0.3 is 0 Å². The zero-order valence-electron chi connectivity index (χ0n) is 22.7. The Morgan fingerprint density at radius 1 is 1.03 bits per heavy atom. The molecule has 0 fully saturated rings. The van der Waals surface area contributed by atoms with Crippen LogP contribution in [0, 0.1) is 0 Å². The lowest BCUT2D eigenvalue weighted by atomic mass is 9.96. The minimum Gasteiger partial charge on any atom is -0.363 e. The average Bonchev–Trinajstić information content (AvgIpc) is 3.35. The van der Waals surface area contributed by atoms with Crippen molar-refractivity contribution in [3.63, 3.8) is 0 Å². The number of H-pyrrole nitrogens is 1. The van der Waals surface area contributed by atoms with Gasteiger partial charge in [0.2, 0.25) is 5.91 Å². The van der Waals surface area contributed by atoms with Crippen LogP contribution in [-0.2, 0) is 30.8 Å². The number of aromatic nitrogens is 2. The Balaban J connectivity index is 0.00000210. The summed E-state index contributed by atoms with van der Waals surface area (Å²) < 4.78 is 0. The summed E-state index contributed by atoms with van der Waals surface area (Å²) in [6, 6.07) is 25.9. The molecule has 1 aliphatic heterocycles. The van der Waals surface area contributed by atoms with E-state index < -0.39 is 0 Å². The molecular formula is C31H37Cl2N5O. The van der Waals surface area contributed by atoms with E-state index in [2.05, 4.69) is 101 Å². The predicted molar refractivity (Wildman–Crippen MR) is 164 cm³/mol. The van der Waals surface area contributed by atoms with E-state index in [1.807, 2.05) is 17.2 Å². The van der Waals surface area contributed by atoms with Crippen LogP contribution in [0.25, 0.3) is 11.1 Å². The molecule has 0 spiro atoms. The number of imidazole rings is 1. The number of rotatable bonds is 7. The molecule has 0 bridgehead atoms. The van der Waals surface area contributed by atoms with Crippen LogP contribution in [0.15, 0.2) is 85.3 Å². The van der Waals surface area contributed by atoms with Gasteiger partial charge in [-0.2, -0.15) is 0 Å². The lowest BCUT2D eigenvalue weighted by molar-refractivity contribution is -0.131. The fraction of sp³-hybridized carbons (Fsp3) is 0.290. The zero-order valence-corrected chi connectivity index (χ0v) is 24.3. The Bertz CT molecular complexity index is 1340. The number of hydrogen-bond acceptors (Lipinski definition) is 4. The topological polar surface area (TPSA) is 55.5 Å². The van der Waals surface area contributed by atoms with E-state index in [1.165, 1.54) is 33.5 Å². The SMILES string of the molecule is CC(=O)N1Cc2cc(-c3ccccc3CN(C)C)ccc2N(Cc2cnc[nH]2)C[C@H]1Cc1ccccc1.Cl.Cl. The van der Waals surface area contributed by atoms with Crippen molar-refractivity contribution >= 4 is 36.4 Å². The van der Waals surface area contributed by atoms with Crippen molar-refractivity contribution in [1.82, 2.24) is 19.8 Å². The van der Waals surface area contributed by atoms with E-state index in [0.717, 1.165) is 25.2 Å². The van der Waals surface area contributed by atoms with Crippen molar-refractivity contribution in [2.24, 2.45) is 0 Å². The van der Waals surface area contributed by atoms with E-state index in [1.54, 1.807) is 13.3 Å². The zero-order chi connectivity index (χ0) is 25.8. The fourth-order valence-corrected chi connectivity index (χ4v) is 5.39. The first-order valence-corrected chi connectivity index (χ1v) is 12.9. The molecule has 2 heterocycles. The average molecular weight is 567 g/mol. The minimum absolute atomic E-state index is 0. The fourth-order valence-electron chi connectivity index (χ4n) is 5.39. The number of halogens is 2. The Hall–Kier alpha value is -3.32. The van der Waals surface area contributed by atoms with E-state index in [0.29, 0.717) is 13.1 Å². The van der Waals surface area contributed by atoms with Gasteiger partial charge in [-0.1, -0.05) is 60.7 Å². The third kappa shape index (κ3) is 7.21. The summed E-state index contributed by atoms with van der Waals surface area (Å²) in [6.07, 6.45) is 4.42. The lowest BCUT2D eigenvalue weighted by Gasteiger charge is -2.32. The second-order valence-electron chi connectivity index (χ2n) is 10.2. The Morgan fingerprint density at radius 2 is 1.77 bits per heavy atom. The number of nitrogens with one attached hydrogen (secondary N) is 1. The first-order chi connectivity index (χ1) is 18.0. The summed E-state index contributed by atoms with van der Waals surface area (Å²) in [4.78, 5) is 27.1. The summed E-state index contributed by atoms with van der Waals surface area (Å²) in [7, 11) is 4.19. The highest BCUT2D eigenvalue weighted by molar-refractivity contribution is 5.85. The molecule has 3 aromatic carbocycles. The van der Waals surface area contributed by atoms with E-state index in [9.17, 15) is 4.79 Å². The molecule has 6 nitrogen and oxygen atoms in total. The number of carbonyl (C=O) groups is 1. The van der Waals surface area contributed by atoms with Gasteiger partial charge in [-0.3, -0.25) is 4.79 Å². The maximum absolute atomic E-state index is 13.0. The Morgan fingerprint density at radius 3 is 2.46 bits per heavy atom. The molecule has 0 aliphatic carbocycles. The third-order valence-corrected chi connectivity index (χ3v) is 7.08. The summed E-state index contributed by atoms with van der Waals surface area (Å²) in [5.41, 5.74) is 8.35. The van der Waals surface area contributed by atoms with Crippen LogP contribution in [0.4, 0.5) is 5.69 Å². The minimum atomic E-state index is 0. The summed E-state index contributed by atoms with van der Waals surface area (Å²) in [6.45, 7) is 4.61. The van der Waals surface area contributed by atoms with Crippen LogP contribution in [-0.4, -0.2) is 52.4 Å². The maximum atomic E-state index is 13.0. The number of hydrogen-bond donors (Lipinski definition) is 1. The van der Waals surface area contributed by atoms with Crippen LogP contribution in [0.1, 0.15) is 29.3 Å². The highest BCUT2D eigenvalue weighted by Crippen LogP contribution is 2.34. The van der Waals surface area contributed by atoms with Crippen LogP contribution < -0.4 is 4.90 Å². The molecule has 1 atom stereocenters. The molecule has 39 heavy (non-hydrogen) atoms. The Labute approximate surface area is 243 Å². The summed E-state index contributed by atoms with van der Waals surface area (Å²) in [5.74, 6) is 0.105. The second-order valence-corrected chi connectivity index (χ2v) is 10.2. The number of fused-ring (bicyclic) bond motifs is 1. The van der Waals surface area contributed by atoms with Gasteiger partial charge < -0.3 is 19.7 Å². The highest BCUT2D eigenvalue weighted by atomic mass is 35.5. The first-order valence-electron chi connectivity index (χ1n) is 12.9. The summed E-state index contributed by atoms with van der Waals surface area (Å²) in [5, 5.41) is 0. The van der Waals surface area contributed by atoms with Gasteiger partial charge in [0.05, 0.1) is 24.6 Å². The van der Waals surface area contributed by atoms with Gasteiger partial charge in [0.25, 0.3) is 0 Å². The normalized spacial score (nSPS) is 14.7. The molecule has 0 radical (unpaired) electrons. The highest BCUT2D eigenvalue weighted by Gasteiger charge is 2.30. The molecule has 1 N–H and O–H groups in total. The van der Waals surface area contributed by atoms with Gasteiger partial charge in [-0.25, -0.2) is 4.98 Å². The number of aromatic amines is 1. The molecule has 0 unspecified atom stereocenters. The molecule has 0 saturated carbocycles. The van der Waals surface area contributed by atoms with E-state index in [-0.39, 0.29) is 36.8 Å². The molecule has 206 valence electrons. The number of nitrogens with zero attached hydrogens (tertiary/aromatic N) is 4. The van der Waals surface area contributed by atoms with Gasteiger partial charge in [0, 0.05) is 38.4 Å². The van der Waals surface area contributed by atoms with E-state index in [4.69, 9.17) is 0 Å². The van der Waals surface area contributed by atoms with Gasteiger partial charge in [0.15, 0.2) is 0 Å². The molecule has 5 rings (SSSR count). The smallest absolute Gasteiger partial charge is 0.220 e. The van der Waals surface area contributed by atoms with E-state index >= 15 is 0 Å². The van der Waals surface area contributed by atoms with Crippen molar-refractivity contribution in [3.8, 4) is 11.1 Å². The van der Waals surface area contributed by atoms with Crippen molar-refractivity contribution in [2.45, 2.75) is 39.0 Å². The number of carbonyl (C=O) groups excluding carboxylic acids is 1. The molecule has 0 saturated heterocycles. The lowest BCUT2D eigenvalue weighted by Crippen LogP contribution is -2.44. The molecular weight excluding hydrogens is 529 g/mol. The number of anilines is 1. The van der Waals surface area contributed by atoms with Crippen LogP contribution in [0.3, 0.4) is 0 Å². The van der Waals surface area contributed by atoms with Gasteiger partial charge in [-0.05, 0) is 60.5 Å². The Kier molecular flexibility index (Phi) is 10.6. The molecule has 1 aliphatic rings. The van der Waals surface area contributed by atoms with Gasteiger partial charge in [0.1, 0.15) is 0 Å². The molecule has 4 aromatic rings. The standard InChI is InChI=1S/C31H35N5O.2ClH/c1-23(37)36-19-27-16-25(30-12-8-7-11-26(30)18-34(2)3)13-14-31(27)35(20-28-17-32-22-33-28)21-29(36)15-24-9-5-4-6-10-24;;/h4-14,16-17,22,29H,15,18-21H2,1-3H3,(H,32,33);2*1H/t29-;;/m1../s1. The van der Waals surface area contributed by atoms with Crippen LogP contribution >= 0.6 is 24.8 Å². The summed E-state index contributed by atoms with van der Waals surface area (Å²) >= 11 is 0. The van der Waals surface area contributed by atoms with Crippen molar-refractivity contribution in [1.29, 1.82) is 0 Å². The number of benzene rings is 3.